The molecule has 7 nitrogen and oxygen atoms in total. The van der Waals surface area contributed by atoms with Crippen LogP contribution >= 0.6 is 0 Å². The van der Waals surface area contributed by atoms with Gasteiger partial charge < -0.3 is 29.7 Å². The summed E-state index contributed by atoms with van der Waals surface area (Å²) >= 11 is 0. The van der Waals surface area contributed by atoms with Crippen LogP contribution in [0.25, 0.3) is 0 Å². The second-order valence-electron chi connectivity index (χ2n) is 7.21. The van der Waals surface area contributed by atoms with E-state index >= 15 is 0 Å². The minimum atomic E-state index is -0.186. The van der Waals surface area contributed by atoms with Crippen molar-refractivity contribution in [3.05, 3.63) is 12.1 Å². The van der Waals surface area contributed by atoms with E-state index in [0.717, 1.165) is 37.4 Å². The highest BCUT2D eigenvalue weighted by Crippen LogP contribution is 2.39. The second-order valence-corrected chi connectivity index (χ2v) is 7.21. The molecule has 2 N–H and O–H groups in total. The molecule has 28 heavy (non-hydrogen) atoms. The maximum absolute atomic E-state index is 12.5. The van der Waals surface area contributed by atoms with Crippen molar-refractivity contribution in [1.82, 2.24) is 5.32 Å². The molecule has 1 aromatic rings. The Balaban J connectivity index is 1.79. The van der Waals surface area contributed by atoms with E-state index in [0.29, 0.717) is 37.9 Å². The van der Waals surface area contributed by atoms with Crippen LogP contribution in [0.15, 0.2) is 12.1 Å². The van der Waals surface area contributed by atoms with Gasteiger partial charge in [0.1, 0.15) is 11.5 Å². The molecule has 0 spiro atoms. The molecule has 1 saturated carbocycles. The summed E-state index contributed by atoms with van der Waals surface area (Å²) in [6, 6.07) is 3.91. The largest absolute Gasteiger partial charge is 0.492 e. The standard InChI is InChI=1S/C21H33N3O4/c1-3-27-19-15-18(24-10-12-26-13-11-24)20(28-4-2)14-17(19)23-21(25)22-16-8-6-5-7-9-16/h14-16H,3-13H2,1-2H3,(H2,22,23,25). The van der Waals surface area contributed by atoms with Gasteiger partial charge in [0.15, 0.2) is 0 Å². The van der Waals surface area contributed by atoms with Gasteiger partial charge in [0, 0.05) is 31.3 Å². The lowest BCUT2D eigenvalue weighted by atomic mass is 9.96. The monoisotopic (exact) mass is 391 g/mol. The molecule has 0 unspecified atom stereocenters. The van der Waals surface area contributed by atoms with Crippen molar-refractivity contribution in [1.29, 1.82) is 0 Å². The lowest BCUT2D eigenvalue weighted by Crippen LogP contribution is -2.39. The van der Waals surface area contributed by atoms with E-state index in [1.54, 1.807) is 0 Å². The van der Waals surface area contributed by atoms with Crippen molar-refractivity contribution in [3.8, 4) is 11.5 Å². The Morgan fingerprint density at radius 1 is 1.07 bits per heavy atom. The van der Waals surface area contributed by atoms with Gasteiger partial charge in [0.25, 0.3) is 0 Å². The van der Waals surface area contributed by atoms with Crippen molar-refractivity contribution in [3.63, 3.8) is 0 Å². The maximum atomic E-state index is 12.5. The van der Waals surface area contributed by atoms with Gasteiger partial charge in [-0.05, 0) is 26.7 Å². The Morgan fingerprint density at radius 2 is 1.75 bits per heavy atom. The van der Waals surface area contributed by atoms with E-state index in [4.69, 9.17) is 14.2 Å². The fourth-order valence-electron chi connectivity index (χ4n) is 3.84. The lowest BCUT2D eigenvalue weighted by molar-refractivity contribution is 0.122. The van der Waals surface area contributed by atoms with Gasteiger partial charge >= 0.3 is 6.03 Å². The van der Waals surface area contributed by atoms with Crippen molar-refractivity contribution in [2.45, 2.75) is 52.0 Å². The van der Waals surface area contributed by atoms with E-state index in [2.05, 4.69) is 15.5 Å². The quantitative estimate of drug-likeness (QED) is 0.740. The van der Waals surface area contributed by atoms with Crippen LogP contribution in [-0.4, -0.2) is 51.6 Å². The number of nitrogens with one attached hydrogen (secondary N) is 2. The lowest BCUT2D eigenvalue weighted by Gasteiger charge is -2.31. The molecule has 2 fully saturated rings. The number of hydrogen-bond acceptors (Lipinski definition) is 5. The van der Waals surface area contributed by atoms with E-state index in [-0.39, 0.29) is 12.1 Å². The number of carbonyl (C=O) groups is 1. The summed E-state index contributed by atoms with van der Waals surface area (Å²) in [4.78, 5) is 14.8. The van der Waals surface area contributed by atoms with Gasteiger partial charge in [-0.1, -0.05) is 19.3 Å². The van der Waals surface area contributed by atoms with Crippen LogP contribution in [-0.2, 0) is 4.74 Å². The fourth-order valence-corrected chi connectivity index (χ4v) is 3.84. The molecular formula is C21H33N3O4. The van der Waals surface area contributed by atoms with Crippen LogP contribution in [0.1, 0.15) is 46.0 Å². The van der Waals surface area contributed by atoms with Crippen molar-refractivity contribution in [2.75, 3.05) is 49.7 Å². The fraction of sp³-hybridized carbons (Fsp3) is 0.667. The van der Waals surface area contributed by atoms with Crippen LogP contribution in [0, 0.1) is 0 Å². The smallest absolute Gasteiger partial charge is 0.319 e. The average Bonchev–Trinajstić information content (AvgIpc) is 2.71. The number of anilines is 2. The number of rotatable bonds is 7. The van der Waals surface area contributed by atoms with Crippen LogP contribution in [0.2, 0.25) is 0 Å². The Kier molecular flexibility index (Phi) is 7.65. The molecule has 1 aliphatic heterocycles. The highest BCUT2D eigenvalue weighted by atomic mass is 16.5. The Labute approximate surface area is 167 Å². The highest BCUT2D eigenvalue weighted by Gasteiger charge is 2.21. The molecular weight excluding hydrogens is 358 g/mol. The van der Waals surface area contributed by atoms with E-state index in [9.17, 15) is 4.79 Å². The molecule has 0 aromatic heterocycles. The van der Waals surface area contributed by atoms with Crippen molar-refractivity contribution < 1.29 is 19.0 Å². The second kappa shape index (κ2) is 10.4. The molecule has 7 heteroatoms. The van der Waals surface area contributed by atoms with Crippen molar-refractivity contribution in [2.24, 2.45) is 0 Å². The number of carbonyl (C=O) groups excluding carboxylic acids is 1. The number of benzene rings is 1. The first kappa shape index (κ1) is 20.6. The van der Waals surface area contributed by atoms with Gasteiger partial charge in [-0.15, -0.1) is 0 Å². The van der Waals surface area contributed by atoms with Gasteiger partial charge in [0.05, 0.1) is 37.8 Å². The topological polar surface area (TPSA) is 72.1 Å². The zero-order chi connectivity index (χ0) is 19.8. The number of ether oxygens (including phenoxy) is 3. The third kappa shape index (κ3) is 5.44. The zero-order valence-electron chi connectivity index (χ0n) is 17.1. The molecule has 1 heterocycles. The number of nitrogens with zero attached hydrogens (tertiary/aromatic N) is 1. The minimum absolute atomic E-state index is 0.186. The summed E-state index contributed by atoms with van der Waals surface area (Å²) in [5.74, 6) is 1.41. The molecule has 1 aromatic carbocycles. The normalized spacial score (nSPS) is 17.9. The molecule has 0 radical (unpaired) electrons. The van der Waals surface area contributed by atoms with Crippen molar-refractivity contribution >= 4 is 17.4 Å². The predicted octanol–water partition coefficient (Wildman–Crippen LogP) is 3.77. The summed E-state index contributed by atoms with van der Waals surface area (Å²) in [6.45, 7) is 7.98. The molecule has 0 atom stereocenters. The molecule has 156 valence electrons. The highest BCUT2D eigenvalue weighted by molar-refractivity contribution is 5.92. The summed E-state index contributed by atoms with van der Waals surface area (Å²) in [5, 5.41) is 6.07. The Bertz CT molecular complexity index is 641. The van der Waals surface area contributed by atoms with Crippen LogP contribution in [0.3, 0.4) is 0 Å². The summed E-state index contributed by atoms with van der Waals surface area (Å²) in [7, 11) is 0. The first-order valence-electron chi connectivity index (χ1n) is 10.5. The van der Waals surface area contributed by atoms with Gasteiger partial charge in [-0.3, -0.25) is 0 Å². The molecule has 2 amide bonds. The number of morpholine rings is 1. The first-order chi connectivity index (χ1) is 13.7. The Hall–Kier alpha value is -2.15. The van der Waals surface area contributed by atoms with E-state index in [1.165, 1.54) is 19.3 Å². The molecule has 3 rings (SSSR count). The molecule has 1 saturated heterocycles. The predicted molar refractivity (Wildman–Crippen MR) is 111 cm³/mol. The van der Waals surface area contributed by atoms with E-state index in [1.807, 2.05) is 26.0 Å². The van der Waals surface area contributed by atoms with Crippen LogP contribution in [0.5, 0.6) is 11.5 Å². The molecule has 0 bridgehead atoms. The summed E-state index contributed by atoms with van der Waals surface area (Å²) < 4.78 is 17.2. The molecule has 2 aliphatic rings. The average molecular weight is 392 g/mol. The third-order valence-corrected chi connectivity index (χ3v) is 5.20. The summed E-state index contributed by atoms with van der Waals surface area (Å²) in [5.41, 5.74) is 1.61. The third-order valence-electron chi connectivity index (χ3n) is 5.20. The van der Waals surface area contributed by atoms with Crippen LogP contribution in [0.4, 0.5) is 16.2 Å². The first-order valence-corrected chi connectivity index (χ1v) is 10.5. The van der Waals surface area contributed by atoms with Gasteiger partial charge in [0.2, 0.25) is 0 Å². The van der Waals surface area contributed by atoms with Gasteiger partial charge in [-0.25, -0.2) is 4.79 Å². The van der Waals surface area contributed by atoms with E-state index < -0.39 is 0 Å². The van der Waals surface area contributed by atoms with Gasteiger partial charge in [-0.2, -0.15) is 0 Å². The zero-order valence-corrected chi connectivity index (χ0v) is 17.1. The minimum Gasteiger partial charge on any atom is -0.492 e. The number of hydrogen-bond donors (Lipinski definition) is 2. The van der Waals surface area contributed by atoms with Crippen LogP contribution < -0.4 is 25.0 Å². The Morgan fingerprint density at radius 3 is 2.43 bits per heavy atom. The SMILES string of the molecule is CCOc1cc(N2CCOCC2)c(OCC)cc1NC(=O)NC1CCCCC1. The number of urea groups is 1. The maximum Gasteiger partial charge on any atom is 0.319 e. The number of amides is 2. The summed E-state index contributed by atoms with van der Waals surface area (Å²) in [6.07, 6.45) is 5.71. The molecule has 1 aliphatic carbocycles.